The highest BCUT2D eigenvalue weighted by molar-refractivity contribution is 7.99. The van der Waals surface area contributed by atoms with E-state index in [-0.39, 0.29) is 18.1 Å². The van der Waals surface area contributed by atoms with Gasteiger partial charge in [-0.05, 0) is 38.0 Å². The molecule has 1 amide bonds. The second kappa shape index (κ2) is 8.81. The third kappa shape index (κ3) is 5.26. The predicted octanol–water partition coefficient (Wildman–Crippen LogP) is 3.60. The Balaban J connectivity index is 1.57. The molecule has 0 saturated heterocycles. The minimum atomic E-state index is -4.63. The van der Waals surface area contributed by atoms with E-state index in [1.54, 1.807) is 25.6 Å². The largest absolute Gasteiger partial charge is 0.453 e. The molecular formula is C19H20F3N5OS. The second-order valence-electron chi connectivity index (χ2n) is 6.42. The number of fused-ring (bicyclic) bond motifs is 1. The summed E-state index contributed by atoms with van der Waals surface area (Å²) in [5.41, 5.74) is 1.75. The molecule has 0 saturated carbocycles. The van der Waals surface area contributed by atoms with Crippen LogP contribution in [-0.4, -0.2) is 37.8 Å². The summed E-state index contributed by atoms with van der Waals surface area (Å²) in [5.74, 6) is -0.690. The molecule has 0 aliphatic rings. The van der Waals surface area contributed by atoms with Gasteiger partial charge in [0.15, 0.2) is 0 Å². The van der Waals surface area contributed by atoms with Crippen molar-refractivity contribution in [3.05, 3.63) is 53.1 Å². The maximum atomic E-state index is 12.8. The summed E-state index contributed by atoms with van der Waals surface area (Å²) in [7, 11) is 0. The van der Waals surface area contributed by atoms with E-state index < -0.39 is 12.0 Å². The van der Waals surface area contributed by atoms with Gasteiger partial charge < -0.3 is 5.32 Å². The molecule has 1 aromatic carbocycles. The number of aromatic nitrogens is 4. The van der Waals surface area contributed by atoms with Crippen molar-refractivity contribution in [1.29, 1.82) is 0 Å². The van der Waals surface area contributed by atoms with Gasteiger partial charge in [0.05, 0.1) is 0 Å². The zero-order valence-electron chi connectivity index (χ0n) is 16.0. The molecule has 0 aliphatic heterocycles. The zero-order chi connectivity index (χ0) is 21.0. The van der Waals surface area contributed by atoms with Crippen molar-refractivity contribution >= 4 is 23.4 Å². The lowest BCUT2D eigenvalue weighted by atomic mass is 10.1. The Labute approximate surface area is 169 Å². The second-order valence-corrected chi connectivity index (χ2v) is 7.59. The van der Waals surface area contributed by atoms with E-state index in [4.69, 9.17) is 0 Å². The van der Waals surface area contributed by atoms with Crippen LogP contribution >= 0.6 is 11.8 Å². The molecule has 2 heterocycles. The number of amides is 1. The van der Waals surface area contributed by atoms with Gasteiger partial charge in [-0.2, -0.15) is 18.2 Å². The molecule has 154 valence electrons. The lowest BCUT2D eigenvalue weighted by molar-refractivity contribution is -0.144. The Kier molecular flexibility index (Phi) is 6.41. The van der Waals surface area contributed by atoms with E-state index in [2.05, 4.69) is 20.4 Å². The molecule has 10 heteroatoms. The standard InChI is InChI=1S/C19H20F3N5OS/c1-12-15(13(2)27-18(24-12)25-17(26-27)19(20,21)22)8-9-16(28)23-10-11-29-14-6-4-3-5-7-14/h3-7H,8-11H2,1-2H3,(H,23,28). The van der Waals surface area contributed by atoms with Crippen molar-refractivity contribution in [2.45, 2.75) is 37.8 Å². The number of nitrogens with one attached hydrogen (secondary N) is 1. The van der Waals surface area contributed by atoms with E-state index in [1.807, 2.05) is 30.3 Å². The van der Waals surface area contributed by atoms with Crippen LogP contribution in [0.1, 0.15) is 29.2 Å². The van der Waals surface area contributed by atoms with Crippen molar-refractivity contribution in [2.75, 3.05) is 12.3 Å². The molecule has 0 aliphatic carbocycles. The summed E-state index contributed by atoms with van der Waals surface area (Å²) in [6, 6.07) is 9.89. The quantitative estimate of drug-likeness (QED) is 0.464. The topological polar surface area (TPSA) is 72.2 Å². The fraction of sp³-hybridized carbons (Fsp3) is 0.368. The van der Waals surface area contributed by atoms with Crippen LogP contribution in [0.25, 0.3) is 5.78 Å². The number of nitrogens with zero attached hydrogens (tertiary/aromatic N) is 4. The van der Waals surface area contributed by atoms with Gasteiger partial charge in [-0.15, -0.1) is 16.9 Å². The lowest BCUT2D eigenvalue weighted by Crippen LogP contribution is -2.26. The molecular weight excluding hydrogens is 403 g/mol. The normalized spacial score (nSPS) is 11.8. The third-order valence-corrected chi connectivity index (χ3v) is 5.35. The van der Waals surface area contributed by atoms with Crippen LogP contribution in [0.2, 0.25) is 0 Å². The molecule has 2 aromatic heterocycles. The molecule has 3 aromatic rings. The molecule has 0 atom stereocenters. The third-order valence-electron chi connectivity index (χ3n) is 4.34. The lowest BCUT2D eigenvalue weighted by Gasteiger charge is -2.10. The predicted molar refractivity (Wildman–Crippen MR) is 104 cm³/mol. The molecule has 3 rings (SSSR count). The summed E-state index contributed by atoms with van der Waals surface area (Å²) in [4.78, 5) is 20.8. The number of carbonyl (C=O) groups is 1. The average molecular weight is 423 g/mol. The highest BCUT2D eigenvalue weighted by atomic mass is 32.2. The Morgan fingerprint density at radius 3 is 2.59 bits per heavy atom. The fourth-order valence-corrected chi connectivity index (χ4v) is 3.68. The van der Waals surface area contributed by atoms with Gasteiger partial charge in [-0.25, -0.2) is 9.50 Å². The molecule has 0 spiro atoms. The van der Waals surface area contributed by atoms with Gasteiger partial charge in [-0.1, -0.05) is 18.2 Å². The van der Waals surface area contributed by atoms with Crippen molar-refractivity contribution in [3.63, 3.8) is 0 Å². The first-order valence-electron chi connectivity index (χ1n) is 9.00. The van der Waals surface area contributed by atoms with Gasteiger partial charge in [-0.3, -0.25) is 4.79 Å². The Bertz CT molecular complexity index is 1000. The molecule has 29 heavy (non-hydrogen) atoms. The van der Waals surface area contributed by atoms with Crippen LogP contribution in [0.5, 0.6) is 0 Å². The summed E-state index contributed by atoms with van der Waals surface area (Å²) < 4.78 is 39.6. The Hall–Kier alpha value is -2.62. The molecule has 0 radical (unpaired) electrons. The summed E-state index contributed by atoms with van der Waals surface area (Å²) in [5, 5.41) is 6.38. The SMILES string of the molecule is Cc1nc2nc(C(F)(F)F)nn2c(C)c1CCC(=O)NCCSc1ccccc1. The number of hydrogen-bond donors (Lipinski definition) is 1. The van der Waals surface area contributed by atoms with Crippen LogP contribution < -0.4 is 5.32 Å². The number of halogens is 3. The van der Waals surface area contributed by atoms with Crippen molar-refractivity contribution in [3.8, 4) is 0 Å². The Morgan fingerprint density at radius 2 is 1.90 bits per heavy atom. The minimum Gasteiger partial charge on any atom is -0.355 e. The summed E-state index contributed by atoms with van der Waals surface area (Å²) in [6.07, 6.45) is -4.06. The molecule has 0 fully saturated rings. The summed E-state index contributed by atoms with van der Waals surface area (Å²) >= 11 is 1.65. The number of hydrogen-bond acceptors (Lipinski definition) is 5. The van der Waals surface area contributed by atoms with Crippen molar-refractivity contribution < 1.29 is 18.0 Å². The number of aryl methyl sites for hydroxylation is 2. The van der Waals surface area contributed by atoms with E-state index >= 15 is 0 Å². The first-order valence-corrected chi connectivity index (χ1v) is 9.99. The molecule has 6 nitrogen and oxygen atoms in total. The van der Waals surface area contributed by atoms with E-state index in [1.165, 1.54) is 0 Å². The van der Waals surface area contributed by atoms with E-state index in [0.29, 0.717) is 29.9 Å². The fourth-order valence-electron chi connectivity index (χ4n) is 2.89. The first-order chi connectivity index (χ1) is 13.8. The van der Waals surface area contributed by atoms with Gasteiger partial charge in [0.25, 0.3) is 11.6 Å². The molecule has 1 N–H and O–H groups in total. The van der Waals surface area contributed by atoms with Crippen LogP contribution in [0, 0.1) is 13.8 Å². The Morgan fingerprint density at radius 1 is 1.17 bits per heavy atom. The number of rotatable bonds is 7. The molecule has 0 unspecified atom stereocenters. The van der Waals surface area contributed by atoms with Crippen molar-refractivity contribution in [1.82, 2.24) is 24.9 Å². The highest BCUT2D eigenvalue weighted by Gasteiger charge is 2.36. The van der Waals surface area contributed by atoms with Gasteiger partial charge in [0.2, 0.25) is 5.91 Å². The van der Waals surface area contributed by atoms with E-state index in [0.717, 1.165) is 15.2 Å². The average Bonchev–Trinajstić information content (AvgIpc) is 3.10. The van der Waals surface area contributed by atoms with Crippen LogP contribution in [0.3, 0.4) is 0 Å². The van der Waals surface area contributed by atoms with Crippen molar-refractivity contribution in [2.24, 2.45) is 0 Å². The van der Waals surface area contributed by atoms with Gasteiger partial charge in [0.1, 0.15) is 0 Å². The number of benzene rings is 1. The van der Waals surface area contributed by atoms with E-state index in [9.17, 15) is 18.0 Å². The maximum absolute atomic E-state index is 12.8. The summed E-state index contributed by atoms with van der Waals surface area (Å²) in [6.45, 7) is 3.88. The highest BCUT2D eigenvalue weighted by Crippen LogP contribution is 2.27. The molecule has 0 bridgehead atoms. The van der Waals surface area contributed by atoms with Crippen LogP contribution in [0.4, 0.5) is 13.2 Å². The number of alkyl halides is 3. The zero-order valence-corrected chi connectivity index (χ0v) is 16.8. The number of thioether (sulfide) groups is 1. The smallest absolute Gasteiger partial charge is 0.355 e. The van der Waals surface area contributed by atoms with Crippen LogP contribution in [0.15, 0.2) is 35.2 Å². The maximum Gasteiger partial charge on any atom is 0.453 e. The van der Waals surface area contributed by atoms with Crippen LogP contribution in [-0.2, 0) is 17.4 Å². The minimum absolute atomic E-state index is 0.0986. The first kappa shape index (κ1) is 21.1. The van der Waals surface area contributed by atoms with Gasteiger partial charge >= 0.3 is 6.18 Å². The van der Waals surface area contributed by atoms with Gasteiger partial charge in [0, 0.05) is 35.0 Å². The number of carbonyl (C=O) groups excluding carboxylic acids is 1. The monoisotopic (exact) mass is 423 g/mol.